The van der Waals surface area contributed by atoms with Crippen molar-refractivity contribution in [2.24, 2.45) is 0 Å². The normalized spacial score (nSPS) is 14.0. The zero-order valence-corrected chi connectivity index (χ0v) is 21.7. The number of hydrogen-bond acceptors (Lipinski definition) is 4. The van der Waals surface area contributed by atoms with Gasteiger partial charge in [-0.2, -0.15) is 0 Å². The number of halogens is 1. The maximum Gasteiger partial charge on any atom is 0.282 e. The topological polar surface area (TPSA) is 72.5 Å². The Morgan fingerprint density at radius 1 is 0.970 bits per heavy atom. The minimum absolute atomic E-state index is 0.137. The number of hydrogen-bond donors (Lipinski definition) is 1. The molecular formula is C25H29ClNO4PS. The molecule has 3 rings (SSSR count). The lowest BCUT2D eigenvalue weighted by atomic mass is 10.1. The van der Waals surface area contributed by atoms with E-state index in [0.717, 1.165) is 5.56 Å². The fourth-order valence-electron chi connectivity index (χ4n) is 3.29. The van der Waals surface area contributed by atoms with Crippen LogP contribution in [0.2, 0.25) is 5.02 Å². The average molecular weight is 506 g/mol. The van der Waals surface area contributed by atoms with E-state index < -0.39 is 22.5 Å². The van der Waals surface area contributed by atoms with E-state index in [-0.39, 0.29) is 11.4 Å². The fraction of sp³-hybridized carbons (Fsp3) is 0.280. The van der Waals surface area contributed by atoms with Crippen LogP contribution in [-0.4, -0.2) is 20.1 Å². The van der Waals surface area contributed by atoms with Crippen LogP contribution in [0.15, 0.2) is 77.7 Å². The second kappa shape index (κ2) is 10.0. The zero-order valence-electron chi connectivity index (χ0n) is 19.2. The molecule has 0 amide bonds. The third-order valence-electron chi connectivity index (χ3n) is 5.25. The van der Waals surface area contributed by atoms with Gasteiger partial charge in [-0.25, -0.2) is 13.1 Å². The summed E-state index contributed by atoms with van der Waals surface area (Å²) in [7, 11) is -6.97. The van der Waals surface area contributed by atoms with Crippen LogP contribution in [0.25, 0.3) is 0 Å². The highest BCUT2D eigenvalue weighted by molar-refractivity contribution is 7.89. The average Bonchev–Trinajstić information content (AvgIpc) is 2.75. The molecule has 0 saturated carbocycles. The smallest absolute Gasteiger partial charge is 0.282 e. The van der Waals surface area contributed by atoms with E-state index in [2.05, 4.69) is 4.72 Å². The van der Waals surface area contributed by atoms with Gasteiger partial charge in [0, 0.05) is 16.9 Å². The summed E-state index contributed by atoms with van der Waals surface area (Å²) < 4.78 is 48.2. The van der Waals surface area contributed by atoms with Crippen molar-refractivity contribution in [3.63, 3.8) is 0 Å². The molecule has 1 atom stereocenters. The van der Waals surface area contributed by atoms with Gasteiger partial charge >= 0.3 is 0 Å². The van der Waals surface area contributed by atoms with Gasteiger partial charge in [0.15, 0.2) is 0 Å². The largest absolute Gasteiger partial charge is 0.439 e. The molecule has 33 heavy (non-hydrogen) atoms. The zero-order chi connectivity index (χ0) is 24.3. The summed E-state index contributed by atoms with van der Waals surface area (Å²) in [5.74, 6) is 0.427. The Kier molecular flexibility index (Phi) is 7.75. The molecule has 0 heterocycles. The number of sulfonamides is 1. The number of rotatable bonds is 8. The summed E-state index contributed by atoms with van der Waals surface area (Å²) in [6.45, 7) is 7.68. The molecule has 3 aromatic carbocycles. The van der Waals surface area contributed by atoms with E-state index in [0.29, 0.717) is 28.1 Å². The molecule has 8 heteroatoms. The van der Waals surface area contributed by atoms with Crippen LogP contribution < -0.4 is 14.6 Å². The van der Waals surface area contributed by atoms with E-state index in [1.165, 1.54) is 0 Å². The Morgan fingerprint density at radius 3 is 2.21 bits per heavy atom. The van der Waals surface area contributed by atoms with E-state index >= 15 is 0 Å². The molecule has 0 fully saturated rings. The summed E-state index contributed by atoms with van der Waals surface area (Å²) in [4.78, 5) is 0.206. The maximum absolute atomic E-state index is 14.1. The van der Waals surface area contributed by atoms with Crippen LogP contribution in [0.3, 0.4) is 0 Å². The Morgan fingerprint density at radius 2 is 1.61 bits per heavy atom. The SMILES string of the molecule is Cc1ccc(S(=O)(=O)NCCc2cc(Cl)ccc2OP(=O)(c2ccccc2)C(C)(C)C)cc1. The van der Waals surface area contributed by atoms with Gasteiger partial charge < -0.3 is 4.52 Å². The highest BCUT2D eigenvalue weighted by Gasteiger charge is 2.41. The first kappa shape index (κ1) is 25.5. The molecule has 1 unspecified atom stereocenters. The maximum atomic E-state index is 14.1. The summed E-state index contributed by atoms with van der Waals surface area (Å²) in [6.07, 6.45) is 0.319. The molecule has 0 aliphatic rings. The lowest BCUT2D eigenvalue weighted by molar-refractivity contribution is 0.459. The fourth-order valence-corrected chi connectivity index (χ4v) is 6.69. The van der Waals surface area contributed by atoms with Crippen molar-refractivity contribution in [1.29, 1.82) is 0 Å². The van der Waals surface area contributed by atoms with Crippen LogP contribution in [-0.2, 0) is 21.0 Å². The third kappa shape index (κ3) is 6.07. The first-order valence-corrected chi connectivity index (χ1v) is 14.1. The van der Waals surface area contributed by atoms with Crippen molar-refractivity contribution in [3.05, 3.63) is 88.9 Å². The van der Waals surface area contributed by atoms with Crippen molar-refractivity contribution in [2.75, 3.05) is 6.54 Å². The van der Waals surface area contributed by atoms with Gasteiger partial charge in [-0.1, -0.05) is 47.5 Å². The summed E-state index contributed by atoms with van der Waals surface area (Å²) in [5, 5.41) is 0.459. The van der Waals surface area contributed by atoms with Gasteiger partial charge in [-0.15, -0.1) is 0 Å². The monoisotopic (exact) mass is 505 g/mol. The predicted octanol–water partition coefficient (Wildman–Crippen LogP) is 5.95. The van der Waals surface area contributed by atoms with Crippen LogP contribution in [0.1, 0.15) is 31.9 Å². The first-order valence-electron chi connectivity index (χ1n) is 10.6. The van der Waals surface area contributed by atoms with Crippen LogP contribution in [0.5, 0.6) is 5.75 Å². The second-order valence-corrected chi connectivity index (χ2v) is 14.2. The Labute approximate surface area is 201 Å². The Bertz CT molecular complexity index is 1250. The van der Waals surface area contributed by atoms with Gasteiger partial charge in [-0.3, -0.25) is 4.57 Å². The molecule has 176 valence electrons. The van der Waals surface area contributed by atoms with Gasteiger partial charge in [0.05, 0.1) is 10.1 Å². The van der Waals surface area contributed by atoms with Gasteiger partial charge in [-0.05, 0) is 82.1 Å². The van der Waals surface area contributed by atoms with Crippen LogP contribution in [0, 0.1) is 6.92 Å². The van der Waals surface area contributed by atoms with E-state index in [9.17, 15) is 13.0 Å². The molecule has 0 aromatic heterocycles. The summed E-state index contributed by atoms with van der Waals surface area (Å²) in [5.41, 5.74) is 1.66. The Hall–Kier alpha value is -2.11. The number of aryl methyl sites for hydroxylation is 1. The molecule has 0 radical (unpaired) electrons. The summed E-state index contributed by atoms with van der Waals surface area (Å²) in [6, 6.07) is 20.9. The molecule has 5 nitrogen and oxygen atoms in total. The third-order valence-corrected chi connectivity index (χ3v) is 10.2. The van der Waals surface area contributed by atoms with E-state index in [4.69, 9.17) is 16.1 Å². The number of nitrogens with one attached hydrogen (secondary N) is 1. The molecule has 1 N–H and O–H groups in total. The molecule has 3 aromatic rings. The van der Waals surface area contributed by atoms with Crippen molar-refractivity contribution in [1.82, 2.24) is 4.72 Å². The van der Waals surface area contributed by atoms with Crippen LogP contribution in [0.4, 0.5) is 0 Å². The van der Waals surface area contributed by atoms with Crippen molar-refractivity contribution in [3.8, 4) is 5.75 Å². The standard InChI is InChI=1S/C25H29ClNO4PS/c1-19-10-13-23(14-11-19)33(29,30)27-17-16-20-18-21(26)12-15-24(20)31-32(28,25(2,3)4)22-8-6-5-7-9-22/h5-15,18,27H,16-17H2,1-4H3. The highest BCUT2D eigenvalue weighted by atomic mass is 35.5. The Balaban J connectivity index is 1.84. The van der Waals surface area contributed by atoms with Crippen molar-refractivity contribution < 1.29 is 17.5 Å². The van der Waals surface area contributed by atoms with E-state index in [1.807, 2.05) is 45.9 Å². The van der Waals surface area contributed by atoms with Crippen LogP contribution >= 0.6 is 19.0 Å². The second-order valence-electron chi connectivity index (χ2n) is 8.86. The van der Waals surface area contributed by atoms with Gasteiger partial charge in [0.1, 0.15) is 5.75 Å². The summed E-state index contributed by atoms with van der Waals surface area (Å²) >= 11 is 6.21. The lowest BCUT2D eigenvalue weighted by Crippen LogP contribution is -2.27. The molecule has 0 spiro atoms. The lowest BCUT2D eigenvalue weighted by Gasteiger charge is -2.32. The number of benzene rings is 3. The van der Waals surface area contributed by atoms with Gasteiger partial charge in [0.2, 0.25) is 10.0 Å². The minimum Gasteiger partial charge on any atom is -0.439 e. The molecular weight excluding hydrogens is 477 g/mol. The quantitative estimate of drug-likeness (QED) is 0.384. The van der Waals surface area contributed by atoms with E-state index in [1.54, 1.807) is 54.6 Å². The van der Waals surface area contributed by atoms with Gasteiger partial charge in [0.25, 0.3) is 7.37 Å². The van der Waals surface area contributed by atoms with Crippen molar-refractivity contribution in [2.45, 2.75) is 44.2 Å². The molecule has 0 aliphatic carbocycles. The first-order chi connectivity index (χ1) is 15.4. The molecule has 0 bridgehead atoms. The molecule has 0 saturated heterocycles. The highest BCUT2D eigenvalue weighted by Crippen LogP contribution is 2.57. The van der Waals surface area contributed by atoms with Crippen molar-refractivity contribution >= 4 is 34.3 Å². The predicted molar refractivity (Wildman–Crippen MR) is 136 cm³/mol. The minimum atomic E-state index is -3.65. The molecule has 0 aliphatic heterocycles.